The van der Waals surface area contributed by atoms with Gasteiger partial charge < -0.3 is 39.9 Å². The van der Waals surface area contributed by atoms with E-state index in [9.17, 15) is 24.0 Å². The predicted octanol–water partition coefficient (Wildman–Crippen LogP) is 3.78. The number of amides is 4. The average molecular weight is 726 g/mol. The lowest BCUT2D eigenvalue weighted by Crippen LogP contribution is -2.59. The molecule has 0 bridgehead atoms. The third kappa shape index (κ3) is 10.0. The molecule has 3 N–H and O–H groups in total. The van der Waals surface area contributed by atoms with Crippen LogP contribution < -0.4 is 20.7 Å². The predicted molar refractivity (Wildman–Crippen MR) is 192 cm³/mol. The normalized spacial score (nSPS) is 24.1. The Kier molecular flexibility index (Phi) is 11.9. The molecule has 0 aromatic heterocycles. The lowest BCUT2D eigenvalue weighted by Gasteiger charge is -2.35. The number of oxime groups is 1. The number of ketones is 1. The number of ether oxygens (including phenoxy) is 3. The summed E-state index contributed by atoms with van der Waals surface area (Å²) in [4.78, 5) is 75.4. The van der Waals surface area contributed by atoms with Crippen molar-refractivity contribution in [3.05, 3.63) is 29.8 Å². The number of nitrogens with zero attached hydrogens (tertiary/aromatic N) is 2. The number of hydrogen-bond acceptors (Lipinski definition) is 10. The van der Waals surface area contributed by atoms with Gasteiger partial charge in [-0.3, -0.25) is 19.2 Å². The number of nitrogens with one attached hydrogen (secondary N) is 3. The van der Waals surface area contributed by atoms with Gasteiger partial charge in [0.15, 0.2) is 5.60 Å². The zero-order chi connectivity index (χ0) is 37.8. The average Bonchev–Trinajstić information content (AvgIpc) is 3.42. The molecule has 3 heterocycles. The number of Topliss-reactive ketones (excluding diaryl/α,β-unsaturated/α-hetero) is 1. The summed E-state index contributed by atoms with van der Waals surface area (Å²) < 4.78 is 16.8. The molecule has 3 aliphatic heterocycles. The molecule has 0 radical (unpaired) electrons. The number of likely N-dealkylation sites (tertiary alicyclic amines) is 1. The first-order chi connectivity index (χ1) is 24.5. The van der Waals surface area contributed by atoms with Gasteiger partial charge in [0.2, 0.25) is 17.6 Å². The van der Waals surface area contributed by atoms with Crippen molar-refractivity contribution < 1.29 is 43.0 Å². The van der Waals surface area contributed by atoms with Gasteiger partial charge >= 0.3 is 6.09 Å². The summed E-state index contributed by atoms with van der Waals surface area (Å²) in [5, 5.41) is 12.7. The van der Waals surface area contributed by atoms with Crippen molar-refractivity contribution in [1.82, 2.24) is 20.9 Å². The van der Waals surface area contributed by atoms with E-state index in [1.165, 1.54) is 4.90 Å². The monoisotopic (exact) mass is 725 g/mol. The van der Waals surface area contributed by atoms with Crippen molar-refractivity contribution >= 4 is 35.3 Å². The van der Waals surface area contributed by atoms with E-state index in [4.69, 9.17) is 19.0 Å². The van der Waals surface area contributed by atoms with Crippen molar-refractivity contribution in [2.24, 2.45) is 10.6 Å². The minimum absolute atomic E-state index is 0.00233. The molecule has 0 unspecified atom stereocenters. The molecule has 52 heavy (non-hydrogen) atoms. The van der Waals surface area contributed by atoms with Gasteiger partial charge in [0.1, 0.15) is 29.5 Å². The number of benzene rings is 1. The molecule has 1 aromatic rings. The van der Waals surface area contributed by atoms with Crippen LogP contribution in [0.15, 0.2) is 29.4 Å². The van der Waals surface area contributed by atoms with Gasteiger partial charge in [0.05, 0.1) is 31.5 Å². The second kappa shape index (κ2) is 15.8. The number of unbranched alkanes of at least 4 members (excludes halogenated alkanes) is 1. The summed E-state index contributed by atoms with van der Waals surface area (Å²) in [6.07, 6.45) is 3.02. The van der Waals surface area contributed by atoms with Crippen molar-refractivity contribution in [3.63, 3.8) is 0 Å². The Morgan fingerprint density at radius 3 is 2.33 bits per heavy atom. The Morgan fingerprint density at radius 1 is 1.02 bits per heavy atom. The molecule has 14 nitrogen and oxygen atoms in total. The summed E-state index contributed by atoms with van der Waals surface area (Å²) in [5.74, 6) is -1.82. The Balaban J connectivity index is 1.38. The first-order valence-corrected chi connectivity index (χ1v) is 18.5. The Labute approximate surface area is 306 Å². The fourth-order valence-electron chi connectivity index (χ4n) is 6.66. The van der Waals surface area contributed by atoms with Crippen LogP contribution >= 0.6 is 0 Å². The Morgan fingerprint density at radius 2 is 1.73 bits per heavy atom. The maximum absolute atomic E-state index is 14.6. The standard InChI is InChI=1S/C38H55N5O9/c1-8-9-10-27(30(44)33(46)39-24-13-14-24)40-32(45)29-20-38(19-28(42-52-38)23-11-15-25(16-12-23)51-37(5,6)7)22-43(29)34(47)31(36(2,3)4)41-35(48)50-26-17-18-49-21-26/h11-12,15-16,24,26-27,29,31H,8-10,13-14,17-22H2,1-7H3,(H,39,46)(H,40,45)(H,41,48)/t26-,27-,29-,31+,38+/m0/s1. The summed E-state index contributed by atoms with van der Waals surface area (Å²) in [6.45, 7) is 14.1. The minimum Gasteiger partial charge on any atom is -0.488 e. The fraction of sp³-hybridized carbons (Fsp3) is 0.684. The van der Waals surface area contributed by atoms with E-state index >= 15 is 0 Å². The van der Waals surface area contributed by atoms with Crippen LogP contribution in [0.5, 0.6) is 5.75 Å². The zero-order valence-electron chi connectivity index (χ0n) is 31.5. The van der Waals surface area contributed by atoms with Crippen LogP contribution in [-0.2, 0) is 33.5 Å². The Hall–Kier alpha value is -4.20. The van der Waals surface area contributed by atoms with E-state index in [-0.39, 0.29) is 37.6 Å². The first-order valence-electron chi connectivity index (χ1n) is 18.5. The van der Waals surface area contributed by atoms with Gasteiger partial charge in [-0.2, -0.15) is 0 Å². The van der Waals surface area contributed by atoms with E-state index in [1.54, 1.807) is 0 Å². The van der Waals surface area contributed by atoms with E-state index in [0.717, 1.165) is 24.8 Å². The maximum atomic E-state index is 14.6. The molecule has 5 rings (SSSR count). The second-order valence-electron chi connectivity index (χ2n) is 16.6. The summed E-state index contributed by atoms with van der Waals surface area (Å²) >= 11 is 0. The third-order valence-electron chi connectivity index (χ3n) is 9.59. The van der Waals surface area contributed by atoms with Crippen molar-refractivity contribution in [2.75, 3.05) is 19.8 Å². The van der Waals surface area contributed by atoms with E-state index in [2.05, 4.69) is 21.1 Å². The lowest BCUT2D eigenvalue weighted by atomic mass is 9.85. The van der Waals surface area contributed by atoms with Gasteiger partial charge in [0, 0.05) is 25.3 Å². The van der Waals surface area contributed by atoms with Gasteiger partial charge in [-0.15, -0.1) is 0 Å². The molecule has 2 saturated heterocycles. The highest BCUT2D eigenvalue weighted by Crippen LogP contribution is 2.40. The highest BCUT2D eigenvalue weighted by atomic mass is 16.7. The molecule has 14 heteroatoms. The molecular weight excluding hydrogens is 670 g/mol. The molecule has 1 aliphatic carbocycles. The van der Waals surface area contributed by atoms with Crippen LogP contribution in [0.2, 0.25) is 0 Å². The van der Waals surface area contributed by atoms with Gasteiger partial charge in [-0.05, 0) is 75.3 Å². The topological polar surface area (TPSA) is 174 Å². The highest BCUT2D eigenvalue weighted by Gasteiger charge is 2.56. The molecule has 1 aromatic carbocycles. The van der Waals surface area contributed by atoms with Gasteiger partial charge in [-0.25, -0.2) is 4.79 Å². The number of rotatable bonds is 13. The van der Waals surface area contributed by atoms with E-state index in [1.807, 2.05) is 72.7 Å². The summed E-state index contributed by atoms with van der Waals surface area (Å²) in [5.41, 5.74) is -0.740. The molecule has 4 aliphatic rings. The zero-order valence-corrected chi connectivity index (χ0v) is 31.5. The first kappa shape index (κ1) is 39.0. The SMILES string of the molecule is CCCC[C@H](NC(=O)[C@@H]1C[C@]2(CC(c3ccc(OC(C)(C)C)cc3)=NO2)CN1C(=O)[C@@H](NC(=O)O[C@H]1CCOC1)C(C)(C)C)C(=O)C(=O)NC1CC1. The number of carbonyl (C=O) groups excluding carboxylic acids is 5. The van der Waals surface area contributed by atoms with Gasteiger partial charge in [-0.1, -0.05) is 45.7 Å². The van der Waals surface area contributed by atoms with E-state index in [0.29, 0.717) is 37.3 Å². The maximum Gasteiger partial charge on any atom is 0.408 e. The van der Waals surface area contributed by atoms with Crippen LogP contribution in [0.25, 0.3) is 0 Å². The quantitative estimate of drug-likeness (QED) is 0.256. The molecule has 4 amide bonds. The van der Waals surface area contributed by atoms with Crippen LogP contribution in [0, 0.1) is 5.41 Å². The largest absolute Gasteiger partial charge is 0.488 e. The number of alkyl carbamates (subject to hydrolysis) is 1. The fourth-order valence-corrected chi connectivity index (χ4v) is 6.66. The van der Waals surface area contributed by atoms with Crippen LogP contribution in [0.4, 0.5) is 4.79 Å². The van der Waals surface area contributed by atoms with Crippen molar-refractivity contribution in [3.8, 4) is 5.75 Å². The summed E-state index contributed by atoms with van der Waals surface area (Å²) in [6, 6.07) is 4.25. The minimum atomic E-state index is -1.08. The second-order valence-corrected chi connectivity index (χ2v) is 16.6. The van der Waals surface area contributed by atoms with Gasteiger partial charge in [0.25, 0.3) is 5.91 Å². The van der Waals surface area contributed by atoms with Crippen LogP contribution in [-0.4, -0.2) is 101 Å². The van der Waals surface area contributed by atoms with Crippen LogP contribution in [0.1, 0.15) is 105 Å². The summed E-state index contributed by atoms with van der Waals surface area (Å²) in [7, 11) is 0. The Bertz CT molecular complexity index is 1520. The molecule has 1 spiro atoms. The highest BCUT2D eigenvalue weighted by molar-refractivity contribution is 6.38. The molecule has 5 atom stereocenters. The van der Waals surface area contributed by atoms with E-state index < -0.39 is 64.8 Å². The molecular formula is C38H55N5O9. The van der Waals surface area contributed by atoms with Crippen molar-refractivity contribution in [2.45, 2.75) is 141 Å². The van der Waals surface area contributed by atoms with Crippen LogP contribution in [0.3, 0.4) is 0 Å². The molecule has 3 fully saturated rings. The lowest BCUT2D eigenvalue weighted by molar-refractivity contribution is -0.144. The smallest absolute Gasteiger partial charge is 0.408 e. The third-order valence-corrected chi connectivity index (χ3v) is 9.59. The molecule has 1 saturated carbocycles. The number of carbonyl (C=O) groups is 5. The van der Waals surface area contributed by atoms with Crippen molar-refractivity contribution in [1.29, 1.82) is 0 Å². The molecule has 286 valence electrons. The number of hydrogen-bond donors (Lipinski definition) is 3.